The van der Waals surface area contributed by atoms with Crippen LogP contribution in [-0.2, 0) is 27.8 Å². The number of hydrogen-bond donors (Lipinski definition) is 0. The Morgan fingerprint density at radius 1 is 0.917 bits per heavy atom. The molecular formula is C38H46N6O4. The van der Waals surface area contributed by atoms with E-state index >= 15 is 0 Å². The van der Waals surface area contributed by atoms with Crippen molar-refractivity contribution in [2.75, 3.05) is 20.3 Å². The Balaban J connectivity index is 1.14. The van der Waals surface area contributed by atoms with Crippen molar-refractivity contribution in [1.29, 1.82) is 0 Å². The van der Waals surface area contributed by atoms with Gasteiger partial charge in [-0.3, -0.25) is 14.8 Å². The smallest absolute Gasteiger partial charge is 0.316 e. The van der Waals surface area contributed by atoms with Gasteiger partial charge < -0.3 is 14.2 Å². The predicted octanol–water partition coefficient (Wildman–Crippen LogP) is 6.53. The van der Waals surface area contributed by atoms with Crippen LogP contribution < -0.4 is 9.47 Å². The van der Waals surface area contributed by atoms with E-state index in [4.69, 9.17) is 29.2 Å². The maximum Gasteiger partial charge on any atom is 0.316 e. The minimum atomic E-state index is -0.306. The summed E-state index contributed by atoms with van der Waals surface area (Å²) in [6.07, 6.45) is 15.7. The molecule has 3 aromatic heterocycles. The van der Waals surface area contributed by atoms with Crippen molar-refractivity contribution in [2.45, 2.75) is 89.6 Å². The number of ketones is 1. The van der Waals surface area contributed by atoms with Gasteiger partial charge in [-0.2, -0.15) is 4.98 Å². The number of hydrogen-bond acceptors (Lipinski definition) is 10. The maximum atomic E-state index is 14.0. The van der Waals surface area contributed by atoms with E-state index in [-0.39, 0.29) is 29.1 Å². The highest BCUT2D eigenvalue weighted by atomic mass is 16.5. The first kappa shape index (κ1) is 33.6. The highest BCUT2D eigenvalue weighted by molar-refractivity contribution is 5.85. The van der Waals surface area contributed by atoms with Crippen LogP contribution in [0.5, 0.6) is 11.9 Å². The normalized spacial score (nSPS) is 20.0. The lowest BCUT2D eigenvalue weighted by molar-refractivity contribution is -0.122. The Bertz CT molecular complexity index is 1630. The number of carbonyl (C=O) groups excluding carboxylic acids is 1. The largest absolute Gasteiger partial charge is 0.475 e. The molecule has 0 amide bonds. The molecule has 2 atom stereocenters. The molecule has 2 fully saturated rings. The molecule has 2 unspecified atom stereocenters. The number of aryl methyl sites for hydroxylation is 1. The molecule has 1 aliphatic heterocycles. The average Bonchev–Trinajstić information content (AvgIpc) is 3.08. The van der Waals surface area contributed by atoms with Gasteiger partial charge in [0, 0.05) is 61.8 Å². The molecule has 10 nitrogen and oxygen atoms in total. The molecule has 252 valence electrons. The van der Waals surface area contributed by atoms with Gasteiger partial charge in [-0.1, -0.05) is 51.1 Å². The third-order valence-electron chi connectivity index (χ3n) is 9.59. The van der Waals surface area contributed by atoms with Crippen molar-refractivity contribution in [2.24, 2.45) is 11.8 Å². The fraction of sp³-hybridized carbons (Fsp3) is 0.500. The van der Waals surface area contributed by atoms with Gasteiger partial charge in [-0.15, -0.1) is 0 Å². The van der Waals surface area contributed by atoms with E-state index < -0.39 is 0 Å². The summed E-state index contributed by atoms with van der Waals surface area (Å²) in [5.41, 5.74) is 4.17. The lowest BCUT2D eigenvalue weighted by Gasteiger charge is -2.33. The molecule has 0 N–H and O–H groups in total. The first-order chi connectivity index (χ1) is 23.3. The van der Waals surface area contributed by atoms with Crippen LogP contribution in [0.3, 0.4) is 0 Å². The van der Waals surface area contributed by atoms with Gasteiger partial charge in [-0.25, -0.2) is 15.0 Å². The van der Waals surface area contributed by atoms with E-state index in [0.717, 1.165) is 73.3 Å². The van der Waals surface area contributed by atoms with Gasteiger partial charge in [0.05, 0.1) is 36.7 Å². The van der Waals surface area contributed by atoms with Gasteiger partial charge in [0.1, 0.15) is 18.2 Å². The number of methoxy groups -OCH3 is 1. The first-order valence-electron chi connectivity index (χ1n) is 17.1. The second kappa shape index (κ2) is 15.3. The average molecular weight is 651 g/mol. The zero-order valence-corrected chi connectivity index (χ0v) is 28.5. The van der Waals surface area contributed by atoms with Crippen molar-refractivity contribution in [3.63, 3.8) is 0 Å². The van der Waals surface area contributed by atoms with E-state index in [0.29, 0.717) is 43.0 Å². The van der Waals surface area contributed by atoms with Crippen molar-refractivity contribution in [3.8, 4) is 23.1 Å². The van der Waals surface area contributed by atoms with Crippen LogP contribution in [0.25, 0.3) is 11.3 Å². The van der Waals surface area contributed by atoms with Crippen molar-refractivity contribution in [3.05, 3.63) is 84.0 Å². The molecule has 1 aliphatic carbocycles. The lowest BCUT2D eigenvalue weighted by atomic mass is 9.72. The molecule has 4 aromatic rings. The van der Waals surface area contributed by atoms with E-state index in [1.807, 2.05) is 24.4 Å². The van der Waals surface area contributed by atoms with Gasteiger partial charge in [0.15, 0.2) is 0 Å². The maximum absolute atomic E-state index is 14.0. The molecule has 4 heterocycles. The van der Waals surface area contributed by atoms with E-state index in [1.54, 1.807) is 24.8 Å². The molecular weight excluding hydrogens is 604 g/mol. The quantitative estimate of drug-likeness (QED) is 0.158. The number of nitrogens with zero attached hydrogens (tertiary/aromatic N) is 6. The summed E-state index contributed by atoms with van der Waals surface area (Å²) in [7, 11) is 1.53. The van der Waals surface area contributed by atoms with E-state index in [9.17, 15) is 4.79 Å². The summed E-state index contributed by atoms with van der Waals surface area (Å²) in [5.74, 6) is 2.03. The highest BCUT2D eigenvalue weighted by Gasteiger charge is 2.35. The Hall–Kier alpha value is -4.31. The van der Waals surface area contributed by atoms with E-state index in [1.165, 1.54) is 7.11 Å². The second-order valence-electron chi connectivity index (χ2n) is 14.0. The van der Waals surface area contributed by atoms with Crippen LogP contribution >= 0.6 is 0 Å². The SMILES string of the molecule is COc1ncc(-c2cnc(C(C(=O)CCc3ccccc3)C3CCC(Cc4ncc(C(C)(C)C)c(OCC5CCO5)n4)CC3)cn2)cn1. The Morgan fingerprint density at radius 3 is 2.29 bits per heavy atom. The molecule has 10 heteroatoms. The van der Waals surface area contributed by atoms with Gasteiger partial charge in [0.25, 0.3) is 0 Å². The Morgan fingerprint density at radius 2 is 1.67 bits per heavy atom. The van der Waals surface area contributed by atoms with Crippen LogP contribution in [0, 0.1) is 11.8 Å². The molecule has 0 bridgehead atoms. The van der Waals surface area contributed by atoms with Crippen molar-refractivity contribution >= 4 is 5.78 Å². The number of rotatable bonds is 13. The minimum absolute atomic E-state index is 0.127. The predicted molar refractivity (Wildman–Crippen MR) is 182 cm³/mol. The standard InChI is InChI=1S/C38H46N6O4/c1-38(2,3)30-21-41-34(44-36(30)48-24-29-16-17-47-29)18-26-10-13-27(14-11-26)35(33(45)15-12-25-8-6-5-7-9-25)32-23-39-31(22-40-32)28-19-42-37(46-4)43-20-28/h5-9,19-23,26-27,29,35H,10-18,24H2,1-4H3. The van der Waals surface area contributed by atoms with Crippen LogP contribution in [0.15, 0.2) is 61.3 Å². The molecule has 0 spiro atoms. The zero-order valence-electron chi connectivity index (χ0n) is 28.5. The molecule has 1 saturated heterocycles. The topological polar surface area (TPSA) is 122 Å². The van der Waals surface area contributed by atoms with Crippen LogP contribution in [0.4, 0.5) is 0 Å². The second-order valence-corrected chi connectivity index (χ2v) is 14.0. The Kier molecular flexibility index (Phi) is 10.7. The molecule has 0 radical (unpaired) electrons. The molecule has 1 saturated carbocycles. The molecule has 6 rings (SSSR count). The fourth-order valence-corrected chi connectivity index (χ4v) is 6.63. The van der Waals surface area contributed by atoms with Gasteiger partial charge >= 0.3 is 6.01 Å². The summed E-state index contributed by atoms with van der Waals surface area (Å²) in [5, 5.41) is 0. The van der Waals surface area contributed by atoms with Gasteiger partial charge in [0.2, 0.25) is 5.88 Å². The number of ether oxygens (including phenoxy) is 3. The monoisotopic (exact) mass is 650 g/mol. The molecule has 2 aliphatic rings. The number of carbonyl (C=O) groups is 1. The van der Waals surface area contributed by atoms with Crippen LogP contribution in [0.2, 0.25) is 0 Å². The minimum Gasteiger partial charge on any atom is -0.475 e. The fourth-order valence-electron chi connectivity index (χ4n) is 6.63. The van der Waals surface area contributed by atoms with Crippen LogP contribution in [0.1, 0.15) is 87.9 Å². The number of Topliss-reactive ketones (excluding diaryl/α,β-unsaturated/α-hetero) is 1. The summed E-state index contributed by atoms with van der Waals surface area (Å²) in [4.78, 5) is 41.5. The third kappa shape index (κ3) is 8.39. The summed E-state index contributed by atoms with van der Waals surface area (Å²) in [6.45, 7) is 7.78. The van der Waals surface area contributed by atoms with Gasteiger partial charge in [-0.05, 0) is 54.9 Å². The van der Waals surface area contributed by atoms with Crippen LogP contribution in [-0.4, -0.2) is 62.1 Å². The van der Waals surface area contributed by atoms with Crippen molar-refractivity contribution < 1.29 is 19.0 Å². The molecule has 48 heavy (non-hydrogen) atoms. The molecule has 1 aromatic carbocycles. The summed E-state index contributed by atoms with van der Waals surface area (Å²) >= 11 is 0. The third-order valence-corrected chi connectivity index (χ3v) is 9.59. The summed E-state index contributed by atoms with van der Waals surface area (Å²) in [6, 6.07) is 10.5. The Labute approximate surface area is 283 Å². The lowest BCUT2D eigenvalue weighted by Crippen LogP contribution is -2.33. The zero-order chi connectivity index (χ0) is 33.5. The van der Waals surface area contributed by atoms with Crippen molar-refractivity contribution in [1.82, 2.24) is 29.9 Å². The first-order valence-corrected chi connectivity index (χ1v) is 17.1. The number of aromatic nitrogens is 6. The number of benzene rings is 1. The highest BCUT2D eigenvalue weighted by Crippen LogP contribution is 2.40. The van der Waals surface area contributed by atoms with E-state index in [2.05, 4.69) is 47.9 Å². The summed E-state index contributed by atoms with van der Waals surface area (Å²) < 4.78 is 16.8.